The van der Waals surface area contributed by atoms with E-state index in [1.165, 1.54) is 6.92 Å². The van der Waals surface area contributed by atoms with Crippen molar-refractivity contribution in [1.29, 1.82) is 0 Å². The van der Waals surface area contributed by atoms with Gasteiger partial charge in [-0.25, -0.2) is 4.98 Å². The highest BCUT2D eigenvalue weighted by atomic mass is 16.5. The molecule has 50 heavy (non-hydrogen) atoms. The van der Waals surface area contributed by atoms with Crippen LogP contribution in [0.15, 0.2) is 53.3 Å². The number of methoxy groups -OCH3 is 3. The van der Waals surface area contributed by atoms with Crippen LogP contribution >= 0.6 is 0 Å². The molecule has 1 aromatic heterocycles. The van der Waals surface area contributed by atoms with E-state index in [1.807, 2.05) is 42.3 Å². The van der Waals surface area contributed by atoms with Gasteiger partial charge in [0.2, 0.25) is 23.0 Å². The van der Waals surface area contributed by atoms with Crippen LogP contribution in [-0.4, -0.2) is 60.7 Å². The van der Waals surface area contributed by atoms with Gasteiger partial charge in [-0.2, -0.15) is 0 Å². The van der Waals surface area contributed by atoms with Gasteiger partial charge in [0.25, 0.3) is 0 Å². The monoisotopic (exact) mass is 681 g/mol. The molecule has 6 rings (SSSR count). The standard InChI is InChI=1S/C39H47N5O6/c1-24(45)41-28-18-16-25-22-34(48-3)37(49-4)38(50-5)36(25)26-17-19-30(33(46)23-27(26)28)40-20-10-6-7-15-35(47)44-21-11-14-32(44)39-42-29-12-8-9-13-31(29)43(39)2/h8-9,12-13,17,19,22-23,28,32H,6-7,10-11,14-16,18,20-21H2,1-5H3,(H,40,46)(H,41,45). The Balaban J connectivity index is 1.13. The Morgan fingerprint density at radius 2 is 1.76 bits per heavy atom. The number of nitrogens with zero attached hydrogens (tertiary/aromatic N) is 3. The molecule has 11 heteroatoms. The minimum absolute atomic E-state index is 0.00581. The van der Waals surface area contributed by atoms with Crippen molar-refractivity contribution in [3.05, 3.63) is 75.7 Å². The molecule has 1 fully saturated rings. The molecule has 2 amide bonds. The van der Waals surface area contributed by atoms with E-state index in [1.54, 1.807) is 33.5 Å². The fraction of sp³-hybridized carbons (Fsp3) is 0.436. The topological polar surface area (TPSA) is 124 Å². The maximum absolute atomic E-state index is 13.6. The van der Waals surface area contributed by atoms with Crippen LogP contribution in [0.4, 0.5) is 5.69 Å². The van der Waals surface area contributed by atoms with E-state index in [9.17, 15) is 14.4 Å². The molecular weight excluding hydrogens is 634 g/mol. The van der Waals surface area contributed by atoms with Gasteiger partial charge in [-0.3, -0.25) is 14.4 Å². The number of imidazole rings is 1. The van der Waals surface area contributed by atoms with Gasteiger partial charge in [-0.15, -0.1) is 0 Å². The van der Waals surface area contributed by atoms with Crippen molar-refractivity contribution in [2.24, 2.45) is 7.05 Å². The first-order valence-corrected chi connectivity index (χ1v) is 17.5. The number of nitrogens with one attached hydrogen (secondary N) is 2. The van der Waals surface area contributed by atoms with Crippen molar-refractivity contribution in [3.8, 4) is 28.4 Å². The maximum atomic E-state index is 13.6. The first kappa shape index (κ1) is 34.8. The number of benzene rings is 2. The number of carbonyl (C=O) groups excluding carboxylic acids is 2. The minimum atomic E-state index is -0.367. The van der Waals surface area contributed by atoms with E-state index in [0.717, 1.165) is 77.8 Å². The molecule has 2 atom stereocenters. The van der Waals surface area contributed by atoms with Gasteiger partial charge in [0.1, 0.15) is 5.82 Å². The van der Waals surface area contributed by atoms with Crippen LogP contribution in [-0.2, 0) is 23.1 Å². The lowest BCUT2D eigenvalue weighted by atomic mass is 9.95. The van der Waals surface area contributed by atoms with Gasteiger partial charge in [0.05, 0.1) is 50.1 Å². The molecule has 1 saturated heterocycles. The molecule has 2 aliphatic rings. The molecule has 2 N–H and O–H groups in total. The number of aryl methyl sites for hydroxylation is 2. The lowest BCUT2D eigenvalue weighted by Gasteiger charge is -2.24. The third-order valence-electron chi connectivity index (χ3n) is 9.99. The van der Waals surface area contributed by atoms with Gasteiger partial charge >= 0.3 is 0 Å². The van der Waals surface area contributed by atoms with Crippen molar-refractivity contribution in [1.82, 2.24) is 19.8 Å². The number of ether oxygens (including phenoxy) is 3. The van der Waals surface area contributed by atoms with E-state index in [4.69, 9.17) is 19.2 Å². The summed E-state index contributed by atoms with van der Waals surface area (Å²) in [5, 5.41) is 6.38. The number of aromatic nitrogens is 2. The van der Waals surface area contributed by atoms with Crippen LogP contribution in [0, 0.1) is 0 Å². The Bertz CT molecular complexity index is 1960. The first-order chi connectivity index (χ1) is 24.2. The molecule has 0 spiro atoms. The summed E-state index contributed by atoms with van der Waals surface area (Å²) in [6, 6.07) is 15.0. The molecule has 0 saturated carbocycles. The molecule has 1 aliphatic carbocycles. The van der Waals surface area contributed by atoms with E-state index in [2.05, 4.69) is 21.3 Å². The highest BCUT2D eigenvalue weighted by molar-refractivity contribution is 5.84. The number of rotatable bonds is 12. The zero-order chi connectivity index (χ0) is 35.4. The summed E-state index contributed by atoms with van der Waals surface area (Å²) in [5.41, 5.74) is 5.65. The average Bonchev–Trinajstić information content (AvgIpc) is 3.65. The number of likely N-dealkylation sites (tertiary alicyclic amines) is 1. The van der Waals surface area contributed by atoms with Crippen LogP contribution in [0.3, 0.4) is 0 Å². The van der Waals surface area contributed by atoms with Gasteiger partial charge in [0, 0.05) is 39.0 Å². The van der Waals surface area contributed by atoms with E-state index < -0.39 is 0 Å². The second-order valence-electron chi connectivity index (χ2n) is 13.1. The number of carbonyl (C=O) groups is 2. The second-order valence-corrected chi connectivity index (χ2v) is 13.1. The van der Waals surface area contributed by atoms with Crippen molar-refractivity contribution in [2.75, 3.05) is 39.7 Å². The Morgan fingerprint density at radius 1 is 0.960 bits per heavy atom. The predicted molar refractivity (Wildman–Crippen MR) is 194 cm³/mol. The van der Waals surface area contributed by atoms with E-state index in [-0.39, 0.29) is 29.3 Å². The van der Waals surface area contributed by atoms with Crippen molar-refractivity contribution < 1.29 is 23.8 Å². The number of para-hydroxylation sites is 2. The average molecular weight is 682 g/mol. The molecule has 3 aromatic carbocycles. The Hall–Kier alpha value is -5.06. The Kier molecular flexibility index (Phi) is 10.6. The number of unbranched alkanes of at least 4 members (excludes halogenated alkanes) is 2. The number of fused-ring (bicyclic) bond motifs is 4. The third-order valence-corrected chi connectivity index (χ3v) is 9.99. The summed E-state index contributed by atoms with van der Waals surface area (Å²) in [6.07, 6.45) is 6.05. The Labute approximate surface area is 292 Å². The molecule has 0 radical (unpaired) electrons. The fourth-order valence-corrected chi connectivity index (χ4v) is 7.59. The highest BCUT2D eigenvalue weighted by Crippen LogP contribution is 2.50. The molecule has 264 valence electrons. The molecule has 0 bridgehead atoms. The summed E-state index contributed by atoms with van der Waals surface area (Å²) in [7, 11) is 6.76. The fourth-order valence-electron chi connectivity index (χ4n) is 7.59. The molecule has 11 nitrogen and oxygen atoms in total. The normalized spacial score (nSPS) is 16.7. The zero-order valence-corrected chi connectivity index (χ0v) is 29.6. The van der Waals surface area contributed by atoms with Gasteiger partial charge in [-0.1, -0.05) is 24.6 Å². The van der Waals surface area contributed by atoms with Crippen molar-refractivity contribution >= 4 is 28.5 Å². The molecular formula is C39H47N5O6. The second kappa shape index (κ2) is 15.2. The zero-order valence-electron chi connectivity index (χ0n) is 29.6. The summed E-state index contributed by atoms with van der Waals surface area (Å²) >= 11 is 0. The number of hydrogen-bond acceptors (Lipinski definition) is 8. The summed E-state index contributed by atoms with van der Waals surface area (Å²) in [4.78, 5) is 46.0. The molecule has 2 heterocycles. The summed E-state index contributed by atoms with van der Waals surface area (Å²) < 4.78 is 19.3. The minimum Gasteiger partial charge on any atom is -0.493 e. The van der Waals surface area contributed by atoms with E-state index >= 15 is 0 Å². The van der Waals surface area contributed by atoms with Crippen LogP contribution in [0.5, 0.6) is 17.2 Å². The molecule has 1 aliphatic heterocycles. The number of hydrogen-bond donors (Lipinski definition) is 2. The molecule has 2 unspecified atom stereocenters. The highest BCUT2D eigenvalue weighted by Gasteiger charge is 2.33. The largest absolute Gasteiger partial charge is 0.493 e. The van der Waals surface area contributed by atoms with Crippen LogP contribution in [0.1, 0.15) is 80.9 Å². The smallest absolute Gasteiger partial charge is 0.223 e. The van der Waals surface area contributed by atoms with Crippen LogP contribution in [0.25, 0.3) is 22.2 Å². The van der Waals surface area contributed by atoms with Gasteiger partial charge < -0.3 is 34.3 Å². The van der Waals surface area contributed by atoms with Gasteiger partial charge in [-0.05, 0) is 85.5 Å². The first-order valence-electron chi connectivity index (χ1n) is 17.5. The number of anilines is 1. The maximum Gasteiger partial charge on any atom is 0.223 e. The van der Waals surface area contributed by atoms with Crippen molar-refractivity contribution in [2.45, 2.75) is 70.4 Å². The van der Waals surface area contributed by atoms with Gasteiger partial charge in [0.15, 0.2) is 11.5 Å². The van der Waals surface area contributed by atoms with Crippen LogP contribution in [0.2, 0.25) is 0 Å². The van der Waals surface area contributed by atoms with Crippen molar-refractivity contribution in [3.63, 3.8) is 0 Å². The van der Waals surface area contributed by atoms with E-state index in [0.29, 0.717) is 48.7 Å². The predicted octanol–water partition coefficient (Wildman–Crippen LogP) is 6.09. The third kappa shape index (κ3) is 6.86. The lowest BCUT2D eigenvalue weighted by Crippen LogP contribution is -2.31. The number of amides is 2. The summed E-state index contributed by atoms with van der Waals surface area (Å²) in [6.45, 7) is 2.83. The molecule has 4 aromatic rings. The SMILES string of the molecule is COc1cc2c(c(OC)c1OC)-c1ccc(NCCCCCC(=O)N3CCCC3c3nc4ccccc4n3C)c(=O)cc1C(NC(C)=O)CC2. The quantitative estimate of drug-likeness (QED) is 0.172. The van der Waals surface area contributed by atoms with Crippen LogP contribution < -0.4 is 30.3 Å². The lowest BCUT2D eigenvalue weighted by molar-refractivity contribution is -0.132. The summed E-state index contributed by atoms with van der Waals surface area (Å²) in [5.74, 6) is 2.49. The Morgan fingerprint density at radius 3 is 2.50 bits per heavy atom.